The minimum Gasteiger partial charge on any atom is -0.493 e. The molecule has 0 saturated carbocycles. The van der Waals surface area contributed by atoms with Crippen molar-refractivity contribution in [2.24, 2.45) is 4.99 Å². The number of ether oxygens (including phenoxy) is 2. The molecule has 150 valence electrons. The largest absolute Gasteiger partial charge is 0.493 e. The third kappa shape index (κ3) is 5.26. The quantitative estimate of drug-likeness (QED) is 0.397. The van der Waals surface area contributed by atoms with E-state index in [4.69, 9.17) is 9.47 Å². The van der Waals surface area contributed by atoms with Crippen molar-refractivity contribution in [1.29, 1.82) is 0 Å². The third-order valence-electron chi connectivity index (χ3n) is 5.12. The highest BCUT2D eigenvalue weighted by Crippen LogP contribution is 2.33. The second-order valence-electron chi connectivity index (χ2n) is 7.21. The molecule has 0 spiro atoms. The zero-order chi connectivity index (χ0) is 19.8. The molecule has 0 aliphatic heterocycles. The molecular weight excluding hydrogens is 350 g/mol. The molecule has 0 fully saturated rings. The lowest BCUT2D eigenvalue weighted by Crippen LogP contribution is -2.40. The van der Waals surface area contributed by atoms with E-state index in [-0.39, 0.29) is 0 Å². The Balaban J connectivity index is 1.51. The van der Waals surface area contributed by atoms with Crippen molar-refractivity contribution < 1.29 is 9.47 Å². The normalized spacial score (nSPS) is 15.5. The number of hydrogen-bond donors (Lipinski definition) is 2. The number of aliphatic imine (C=N–C) groups is 1. The molecule has 1 atom stereocenters. The Kier molecular flexibility index (Phi) is 7.31. The lowest BCUT2D eigenvalue weighted by atomic mass is 9.78. The number of nitrogens with zero attached hydrogens (tertiary/aromatic N) is 1. The highest BCUT2D eigenvalue weighted by atomic mass is 16.5. The molecule has 28 heavy (non-hydrogen) atoms. The number of nitrogens with one attached hydrogen (secondary N) is 2. The fourth-order valence-corrected chi connectivity index (χ4v) is 3.49. The van der Waals surface area contributed by atoms with Gasteiger partial charge in [-0.2, -0.15) is 0 Å². The van der Waals surface area contributed by atoms with Crippen LogP contribution in [-0.4, -0.2) is 39.9 Å². The molecule has 2 aromatic rings. The molecule has 0 saturated heterocycles. The molecule has 1 aliphatic rings. The van der Waals surface area contributed by atoms with Crippen LogP contribution in [0.1, 0.15) is 34.6 Å². The van der Waals surface area contributed by atoms with Gasteiger partial charge in [-0.1, -0.05) is 36.4 Å². The summed E-state index contributed by atoms with van der Waals surface area (Å²) in [5.41, 5.74) is 5.24. The molecule has 5 heteroatoms. The number of methoxy groups -OCH3 is 1. The summed E-state index contributed by atoms with van der Waals surface area (Å²) in [4.78, 5) is 4.36. The Hall–Kier alpha value is -2.53. The lowest BCUT2D eigenvalue weighted by molar-refractivity contribution is 0.171. The van der Waals surface area contributed by atoms with Gasteiger partial charge < -0.3 is 20.1 Å². The topological polar surface area (TPSA) is 54.9 Å². The summed E-state index contributed by atoms with van der Waals surface area (Å²) in [6, 6.07) is 15.0. The number of guanidine groups is 1. The summed E-state index contributed by atoms with van der Waals surface area (Å²) in [5.74, 6) is 2.30. The van der Waals surface area contributed by atoms with Crippen molar-refractivity contribution in [2.45, 2.75) is 32.2 Å². The number of aryl methyl sites for hydroxylation is 1. The summed E-state index contributed by atoms with van der Waals surface area (Å²) in [5, 5.41) is 6.86. The minimum atomic E-state index is 0.564. The van der Waals surface area contributed by atoms with Gasteiger partial charge in [-0.3, -0.25) is 4.99 Å². The van der Waals surface area contributed by atoms with Gasteiger partial charge in [-0.25, -0.2) is 0 Å². The zero-order valence-corrected chi connectivity index (χ0v) is 17.1. The Morgan fingerprint density at radius 3 is 2.79 bits per heavy atom. The number of benzene rings is 2. The van der Waals surface area contributed by atoms with Crippen molar-refractivity contribution in [3.05, 3.63) is 64.7 Å². The van der Waals surface area contributed by atoms with Crippen LogP contribution in [0.3, 0.4) is 0 Å². The van der Waals surface area contributed by atoms with E-state index in [1.54, 1.807) is 14.2 Å². The molecular formula is C23H31N3O2. The van der Waals surface area contributed by atoms with Crippen LogP contribution >= 0.6 is 0 Å². The molecule has 0 radical (unpaired) electrons. The average molecular weight is 382 g/mol. The van der Waals surface area contributed by atoms with Gasteiger partial charge in [-0.15, -0.1) is 0 Å². The maximum absolute atomic E-state index is 5.97. The van der Waals surface area contributed by atoms with Gasteiger partial charge in [0.05, 0.1) is 6.61 Å². The maximum Gasteiger partial charge on any atom is 0.191 e. The predicted octanol–water partition coefficient (Wildman–Crippen LogP) is 3.42. The van der Waals surface area contributed by atoms with Crippen molar-refractivity contribution >= 4 is 5.96 Å². The molecule has 2 N–H and O–H groups in total. The Labute approximate surface area is 168 Å². The van der Waals surface area contributed by atoms with Gasteiger partial charge in [-0.05, 0) is 36.1 Å². The summed E-state index contributed by atoms with van der Waals surface area (Å²) >= 11 is 0. The first-order valence-electron chi connectivity index (χ1n) is 9.95. The van der Waals surface area contributed by atoms with Crippen LogP contribution in [0.2, 0.25) is 0 Å². The SMILES string of the molecule is CN=C(NCc1ccc(C)cc1OCCCOC)NCC1Cc2ccccc21. The first-order chi connectivity index (χ1) is 13.7. The van der Waals surface area contributed by atoms with E-state index >= 15 is 0 Å². The van der Waals surface area contributed by atoms with Crippen molar-refractivity contribution in [2.75, 3.05) is 33.9 Å². The molecule has 3 rings (SSSR count). The standard InChI is InChI=1S/C23H31N3O2/c1-17-9-10-19(22(13-17)28-12-6-11-27-3)15-25-23(24-2)26-16-20-14-18-7-4-5-8-21(18)20/h4-5,7-10,13,20H,6,11-12,14-16H2,1-3H3,(H2,24,25,26). The van der Waals surface area contributed by atoms with E-state index in [2.05, 4.69) is 65.0 Å². The van der Waals surface area contributed by atoms with Crippen LogP contribution in [0.5, 0.6) is 5.75 Å². The van der Waals surface area contributed by atoms with Gasteiger partial charge >= 0.3 is 0 Å². The van der Waals surface area contributed by atoms with E-state index < -0.39 is 0 Å². The summed E-state index contributed by atoms with van der Waals surface area (Å²) in [7, 11) is 3.52. The Bertz CT molecular complexity index is 804. The van der Waals surface area contributed by atoms with Crippen LogP contribution in [0, 0.1) is 6.92 Å². The molecule has 1 unspecified atom stereocenters. The zero-order valence-electron chi connectivity index (χ0n) is 17.1. The fourth-order valence-electron chi connectivity index (χ4n) is 3.49. The molecule has 2 aromatic carbocycles. The first-order valence-corrected chi connectivity index (χ1v) is 9.95. The average Bonchev–Trinajstić information content (AvgIpc) is 2.69. The third-order valence-corrected chi connectivity index (χ3v) is 5.12. The summed E-state index contributed by atoms with van der Waals surface area (Å²) < 4.78 is 11.1. The van der Waals surface area contributed by atoms with E-state index in [0.717, 1.165) is 36.7 Å². The minimum absolute atomic E-state index is 0.564. The Morgan fingerprint density at radius 1 is 1.14 bits per heavy atom. The summed E-state index contributed by atoms with van der Waals surface area (Å²) in [6.07, 6.45) is 2.01. The van der Waals surface area contributed by atoms with Gasteiger partial charge in [0.15, 0.2) is 5.96 Å². The second kappa shape index (κ2) is 10.1. The van der Waals surface area contributed by atoms with E-state index in [1.165, 1.54) is 16.7 Å². The van der Waals surface area contributed by atoms with Gasteiger partial charge in [0.1, 0.15) is 5.75 Å². The van der Waals surface area contributed by atoms with E-state index in [9.17, 15) is 0 Å². The monoisotopic (exact) mass is 381 g/mol. The molecule has 0 aromatic heterocycles. The van der Waals surface area contributed by atoms with Crippen LogP contribution in [0.4, 0.5) is 0 Å². The van der Waals surface area contributed by atoms with Gasteiger partial charge in [0.25, 0.3) is 0 Å². The second-order valence-corrected chi connectivity index (χ2v) is 7.21. The smallest absolute Gasteiger partial charge is 0.191 e. The van der Waals surface area contributed by atoms with E-state index in [1.807, 2.05) is 0 Å². The molecule has 0 amide bonds. The molecule has 5 nitrogen and oxygen atoms in total. The van der Waals surface area contributed by atoms with E-state index in [0.29, 0.717) is 25.7 Å². The van der Waals surface area contributed by atoms with Crippen LogP contribution in [-0.2, 0) is 17.7 Å². The van der Waals surface area contributed by atoms with Crippen LogP contribution in [0.15, 0.2) is 47.5 Å². The Morgan fingerprint density at radius 2 is 2.00 bits per heavy atom. The molecule has 0 bridgehead atoms. The number of hydrogen-bond acceptors (Lipinski definition) is 3. The molecule has 1 aliphatic carbocycles. The van der Waals surface area contributed by atoms with Crippen LogP contribution in [0.25, 0.3) is 0 Å². The van der Waals surface area contributed by atoms with Crippen LogP contribution < -0.4 is 15.4 Å². The van der Waals surface area contributed by atoms with Crippen molar-refractivity contribution in [1.82, 2.24) is 10.6 Å². The highest BCUT2D eigenvalue weighted by Gasteiger charge is 2.25. The summed E-state index contributed by atoms with van der Waals surface area (Å²) in [6.45, 7) is 5.00. The maximum atomic E-state index is 5.97. The predicted molar refractivity (Wildman–Crippen MR) is 114 cm³/mol. The number of rotatable bonds is 9. The van der Waals surface area contributed by atoms with Crippen molar-refractivity contribution in [3.8, 4) is 5.75 Å². The highest BCUT2D eigenvalue weighted by molar-refractivity contribution is 5.79. The van der Waals surface area contributed by atoms with Gasteiger partial charge in [0, 0.05) is 51.8 Å². The fraction of sp³-hybridized carbons (Fsp3) is 0.435. The number of fused-ring (bicyclic) bond motifs is 1. The van der Waals surface area contributed by atoms with Crippen molar-refractivity contribution in [3.63, 3.8) is 0 Å². The lowest BCUT2D eigenvalue weighted by Gasteiger charge is -2.30. The van der Waals surface area contributed by atoms with Gasteiger partial charge in [0.2, 0.25) is 0 Å². The molecule has 0 heterocycles. The first kappa shape index (κ1) is 20.2.